The van der Waals surface area contributed by atoms with Crippen LogP contribution < -0.4 is 0 Å². The van der Waals surface area contributed by atoms with Crippen LogP contribution in [0, 0.1) is 0 Å². The fraction of sp³-hybridized carbons (Fsp3) is 0.375. The van der Waals surface area contributed by atoms with Crippen LogP contribution in [0.3, 0.4) is 0 Å². The second-order valence-corrected chi connectivity index (χ2v) is 3.27. The van der Waals surface area contributed by atoms with E-state index in [4.69, 9.17) is 0 Å². The molecule has 14 heavy (non-hydrogen) atoms. The first kappa shape index (κ1) is 11.0. The summed E-state index contributed by atoms with van der Waals surface area (Å²) in [7, 11) is 1.45. The highest BCUT2D eigenvalue weighted by molar-refractivity contribution is 6.58. The van der Waals surface area contributed by atoms with Crippen molar-refractivity contribution in [3.63, 3.8) is 0 Å². The summed E-state index contributed by atoms with van der Waals surface area (Å²) in [4.78, 5) is 5.06. The molecule has 0 saturated heterocycles. The Hall–Kier alpha value is -1.04. The molecule has 6 heteroatoms. The van der Waals surface area contributed by atoms with E-state index >= 15 is 0 Å². The third-order valence-corrected chi connectivity index (χ3v) is 1.69. The molecule has 0 amide bonds. The largest absolute Gasteiger partial charge is 0.492 e. The maximum absolute atomic E-state index is 12.0. The van der Waals surface area contributed by atoms with Gasteiger partial charge in [0.2, 0.25) is 0 Å². The van der Waals surface area contributed by atoms with Crippen molar-refractivity contribution in [2.45, 2.75) is 6.54 Å². The highest BCUT2D eigenvalue weighted by atomic mass is 19.4. The summed E-state index contributed by atoms with van der Waals surface area (Å²) < 4.78 is 36.0. The van der Waals surface area contributed by atoms with Crippen LogP contribution in [0.15, 0.2) is 24.5 Å². The van der Waals surface area contributed by atoms with Gasteiger partial charge in [-0.25, -0.2) is 0 Å². The van der Waals surface area contributed by atoms with E-state index in [1.807, 2.05) is 0 Å². The molecular weight excluding hydrogens is 192 g/mol. The first-order valence-electron chi connectivity index (χ1n) is 4.26. The number of hydrogen-bond donors (Lipinski definition) is 0. The number of halogens is 3. The highest BCUT2D eigenvalue weighted by Crippen LogP contribution is 2.11. The number of aromatic nitrogens is 1. The number of pyridine rings is 1. The van der Waals surface area contributed by atoms with E-state index in [0.29, 0.717) is 0 Å². The van der Waals surface area contributed by atoms with E-state index < -0.39 is 13.4 Å². The third-order valence-electron chi connectivity index (χ3n) is 1.69. The summed E-state index contributed by atoms with van der Waals surface area (Å²) in [6.45, 7) is -4.47. The molecule has 0 bridgehead atoms. The lowest BCUT2D eigenvalue weighted by molar-refractivity contribution is 0.322. The van der Waals surface area contributed by atoms with E-state index in [-0.39, 0.29) is 6.54 Å². The fourth-order valence-electron chi connectivity index (χ4n) is 1.22. The summed E-state index contributed by atoms with van der Waals surface area (Å²) in [6, 6.07) is 3.47. The molecule has 0 saturated carbocycles. The van der Waals surface area contributed by atoms with E-state index in [9.17, 15) is 12.9 Å². The van der Waals surface area contributed by atoms with Crippen molar-refractivity contribution in [3.8, 4) is 0 Å². The third kappa shape index (κ3) is 4.27. The molecule has 78 valence electrons. The summed E-state index contributed by atoms with van der Waals surface area (Å²) in [5, 5.41) is 0. The minimum atomic E-state index is -4.74. The zero-order valence-electron chi connectivity index (χ0n) is 7.83. The Morgan fingerprint density at radius 1 is 1.43 bits per heavy atom. The molecule has 1 aromatic rings. The predicted molar refractivity (Wildman–Crippen MR) is 49.6 cm³/mol. The molecule has 0 radical (unpaired) electrons. The van der Waals surface area contributed by atoms with Crippen LogP contribution in [0.1, 0.15) is 5.56 Å². The van der Waals surface area contributed by atoms with Gasteiger partial charge in [0.25, 0.3) is 0 Å². The molecule has 0 spiro atoms. The Labute approximate surface area is 80.8 Å². The Morgan fingerprint density at radius 2 is 2.14 bits per heavy atom. The summed E-state index contributed by atoms with van der Waals surface area (Å²) >= 11 is 0. The lowest BCUT2D eigenvalue weighted by Crippen LogP contribution is -2.35. The molecule has 2 nitrogen and oxygen atoms in total. The Bertz CT molecular complexity index is 276. The fourth-order valence-corrected chi connectivity index (χ4v) is 1.22. The van der Waals surface area contributed by atoms with Crippen LogP contribution >= 0.6 is 0 Å². The summed E-state index contributed by atoms with van der Waals surface area (Å²) in [6.07, 6.45) is 2.33. The van der Waals surface area contributed by atoms with Gasteiger partial charge in [-0.1, -0.05) is 6.07 Å². The second-order valence-electron chi connectivity index (χ2n) is 3.27. The molecule has 0 aliphatic heterocycles. The van der Waals surface area contributed by atoms with Gasteiger partial charge in [0.05, 0.1) is 0 Å². The highest BCUT2D eigenvalue weighted by Gasteiger charge is 2.24. The van der Waals surface area contributed by atoms with Crippen molar-refractivity contribution in [2.75, 3.05) is 13.5 Å². The van der Waals surface area contributed by atoms with E-state index in [2.05, 4.69) is 4.98 Å². The van der Waals surface area contributed by atoms with Crippen LogP contribution in [-0.4, -0.2) is 30.4 Å². The van der Waals surface area contributed by atoms with Crippen LogP contribution in [-0.2, 0) is 6.54 Å². The molecule has 1 rings (SSSR count). The van der Waals surface area contributed by atoms with Crippen molar-refractivity contribution in [2.24, 2.45) is 0 Å². The van der Waals surface area contributed by atoms with Gasteiger partial charge in [-0.3, -0.25) is 4.98 Å². The molecule has 0 atom stereocenters. The minimum absolute atomic E-state index is 0.273. The topological polar surface area (TPSA) is 16.1 Å². The number of hydrogen-bond acceptors (Lipinski definition) is 2. The van der Waals surface area contributed by atoms with Gasteiger partial charge in [0.15, 0.2) is 0 Å². The first-order chi connectivity index (χ1) is 6.47. The van der Waals surface area contributed by atoms with Gasteiger partial charge in [-0.15, -0.1) is 0 Å². The number of rotatable bonds is 4. The summed E-state index contributed by atoms with van der Waals surface area (Å²) in [5.74, 6) is 0. The molecule has 0 aromatic carbocycles. The zero-order chi connectivity index (χ0) is 10.6. The Kier molecular flexibility index (Phi) is 3.52. The molecule has 1 aromatic heterocycles. The van der Waals surface area contributed by atoms with Gasteiger partial charge < -0.3 is 17.8 Å². The maximum atomic E-state index is 12.0. The Balaban J connectivity index is 2.46. The van der Waals surface area contributed by atoms with Crippen molar-refractivity contribution in [1.29, 1.82) is 0 Å². The molecule has 1 heterocycles. The molecular formula is C8H11BF3N2-. The van der Waals surface area contributed by atoms with Gasteiger partial charge in [-0.2, -0.15) is 0 Å². The van der Waals surface area contributed by atoms with Gasteiger partial charge in [-0.05, 0) is 25.1 Å². The SMILES string of the molecule is CN(Cc1cccnc1)C[B-](F)(F)F. The van der Waals surface area contributed by atoms with Crippen molar-refractivity contribution < 1.29 is 12.9 Å². The van der Waals surface area contributed by atoms with Crippen LogP contribution in [0.2, 0.25) is 0 Å². The quantitative estimate of drug-likeness (QED) is 0.694. The van der Waals surface area contributed by atoms with E-state index in [1.54, 1.807) is 24.5 Å². The monoisotopic (exact) mass is 203 g/mol. The van der Waals surface area contributed by atoms with E-state index in [0.717, 1.165) is 5.56 Å². The van der Waals surface area contributed by atoms with Gasteiger partial charge >= 0.3 is 6.98 Å². The average molecular weight is 203 g/mol. The Morgan fingerprint density at radius 3 is 2.64 bits per heavy atom. The smallest absolute Gasteiger partial charge is 0.448 e. The standard InChI is InChI=1S/C8H11BF3N2/c1-14(7-9(10,11)12)6-8-3-2-4-13-5-8/h2-5H,6-7H2,1H3/q-1. The second kappa shape index (κ2) is 4.46. The lowest BCUT2D eigenvalue weighted by atomic mass is 9.91. The number of nitrogens with zero attached hydrogens (tertiary/aromatic N) is 2. The molecule has 0 unspecified atom stereocenters. The minimum Gasteiger partial charge on any atom is -0.448 e. The maximum Gasteiger partial charge on any atom is 0.492 e. The molecule has 0 fully saturated rings. The lowest BCUT2D eigenvalue weighted by Gasteiger charge is -2.23. The van der Waals surface area contributed by atoms with Gasteiger partial charge in [0, 0.05) is 18.9 Å². The first-order valence-corrected chi connectivity index (χ1v) is 4.26. The van der Waals surface area contributed by atoms with Crippen LogP contribution in [0.4, 0.5) is 12.9 Å². The zero-order valence-corrected chi connectivity index (χ0v) is 7.83. The molecule has 0 aliphatic carbocycles. The predicted octanol–water partition coefficient (Wildman–Crippen LogP) is 1.90. The summed E-state index contributed by atoms with van der Waals surface area (Å²) in [5.41, 5.74) is 0.787. The van der Waals surface area contributed by atoms with Crippen molar-refractivity contribution in [3.05, 3.63) is 30.1 Å². The van der Waals surface area contributed by atoms with Gasteiger partial charge in [0.1, 0.15) is 0 Å². The normalized spacial score (nSPS) is 12.1. The van der Waals surface area contributed by atoms with Crippen molar-refractivity contribution >= 4 is 6.98 Å². The molecule has 0 aliphatic rings. The molecule has 0 N–H and O–H groups in total. The van der Waals surface area contributed by atoms with E-state index in [1.165, 1.54) is 11.9 Å². The van der Waals surface area contributed by atoms with Crippen LogP contribution in [0.5, 0.6) is 0 Å². The van der Waals surface area contributed by atoms with Crippen LogP contribution in [0.25, 0.3) is 0 Å². The van der Waals surface area contributed by atoms with Crippen molar-refractivity contribution in [1.82, 2.24) is 9.88 Å². The average Bonchev–Trinajstić information content (AvgIpc) is 2.02.